The van der Waals surface area contributed by atoms with E-state index in [1.54, 1.807) is 6.92 Å². The topological polar surface area (TPSA) is 32.3 Å². The van der Waals surface area contributed by atoms with Crippen molar-refractivity contribution in [2.75, 3.05) is 6.54 Å². The first kappa shape index (κ1) is 17.7. The first-order valence-corrected chi connectivity index (χ1v) is 7.49. The third-order valence-corrected chi connectivity index (χ3v) is 3.86. The number of benzene rings is 1. The van der Waals surface area contributed by atoms with E-state index in [0.29, 0.717) is 29.5 Å². The summed E-state index contributed by atoms with van der Waals surface area (Å²) in [6.45, 7) is 8.12. The Morgan fingerprint density at radius 3 is 2.45 bits per heavy atom. The minimum atomic E-state index is -0.825. The molecule has 5 heteroatoms. The Labute approximate surface area is 130 Å². The number of halogens is 3. The molecule has 0 aliphatic heterocycles. The SMILES string of the molecule is CC(C)CC(C)(O)CNC(C)c1c(Cl)ccc(F)c1Cl. The van der Waals surface area contributed by atoms with Gasteiger partial charge in [0.15, 0.2) is 0 Å². The predicted molar refractivity (Wildman–Crippen MR) is 82.9 cm³/mol. The zero-order valence-corrected chi connectivity index (χ0v) is 13.8. The molecular formula is C15H22Cl2FNO. The molecule has 2 N–H and O–H groups in total. The highest BCUT2D eigenvalue weighted by Crippen LogP contribution is 2.32. The fraction of sp³-hybridized carbons (Fsp3) is 0.600. The average molecular weight is 322 g/mol. The lowest BCUT2D eigenvalue weighted by Crippen LogP contribution is -2.40. The molecule has 0 bridgehead atoms. The molecule has 0 saturated carbocycles. The van der Waals surface area contributed by atoms with Crippen LogP contribution in [0.2, 0.25) is 10.0 Å². The van der Waals surface area contributed by atoms with Gasteiger partial charge in [-0.1, -0.05) is 37.0 Å². The molecule has 114 valence electrons. The van der Waals surface area contributed by atoms with Gasteiger partial charge in [0.1, 0.15) is 5.82 Å². The van der Waals surface area contributed by atoms with Crippen LogP contribution >= 0.6 is 23.2 Å². The van der Waals surface area contributed by atoms with E-state index in [2.05, 4.69) is 19.2 Å². The summed E-state index contributed by atoms with van der Waals surface area (Å²) in [5.41, 5.74) is -0.303. The third-order valence-electron chi connectivity index (χ3n) is 3.15. The smallest absolute Gasteiger partial charge is 0.142 e. The number of rotatable bonds is 6. The first-order valence-electron chi connectivity index (χ1n) is 6.73. The Morgan fingerprint density at radius 2 is 1.90 bits per heavy atom. The van der Waals surface area contributed by atoms with Crippen molar-refractivity contribution in [1.82, 2.24) is 5.32 Å². The van der Waals surface area contributed by atoms with Gasteiger partial charge < -0.3 is 10.4 Å². The molecule has 2 nitrogen and oxygen atoms in total. The van der Waals surface area contributed by atoms with Crippen LogP contribution in [0.4, 0.5) is 4.39 Å². The maximum Gasteiger partial charge on any atom is 0.142 e. The number of hydrogen-bond acceptors (Lipinski definition) is 2. The zero-order chi connectivity index (χ0) is 15.5. The standard InChI is InChI=1S/C15H22Cl2FNO/c1-9(2)7-15(4,20)8-19-10(3)13-11(16)5-6-12(18)14(13)17/h5-6,9-10,19-20H,7-8H2,1-4H3. The van der Waals surface area contributed by atoms with Crippen molar-refractivity contribution >= 4 is 23.2 Å². The molecule has 20 heavy (non-hydrogen) atoms. The summed E-state index contributed by atoms with van der Waals surface area (Å²) >= 11 is 12.0. The lowest BCUT2D eigenvalue weighted by atomic mass is 9.94. The Hall–Kier alpha value is -0.350. The van der Waals surface area contributed by atoms with Crippen LogP contribution in [0.3, 0.4) is 0 Å². The van der Waals surface area contributed by atoms with Crippen LogP contribution < -0.4 is 5.32 Å². The molecule has 1 aromatic carbocycles. The summed E-state index contributed by atoms with van der Waals surface area (Å²) < 4.78 is 13.5. The summed E-state index contributed by atoms with van der Waals surface area (Å²) in [4.78, 5) is 0. The minimum absolute atomic E-state index is 0.0287. The fourth-order valence-corrected chi connectivity index (χ4v) is 3.06. The fourth-order valence-electron chi connectivity index (χ4n) is 2.37. The monoisotopic (exact) mass is 321 g/mol. The van der Waals surface area contributed by atoms with Crippen LogP contribution in [0.5, 0.6) is 0 Å². The number of aliphatic hydroxyl groups is 1. The number of nitrogens with one attached hydrogen (secondary N) is 1. The maximum atomic E-state index is 13.5. The largest absolute Gasteiger partial charge is 0.389 e. The van der Waals surface area contributed by atoms with Crippen molar-refractivity contribution in [3.8, 4) is 0 Å². The van der Waals surface area contributed by atoms with E-state index in [-0.39, 0.29) is 11.1 Å². The van der Waals surface area contributed by atoms with Crippen molar-refractivity contribution in [3.05, 3.63) is 33.6 Å². The highest BCUT2D eigenvalue weighted by molar-refractivity contribution is 6.36. The molecule has 2 atom stereocenters. The molecule has 0 radical (unpaired) electrons. The van der Waals surface area contributed by atoms with Gasteiger partial charge in [-0.2, -0.15) is 0 Å². The molecule has 0 aliphatic rings. The van der Waals surface area contributed by atoms with E-state index in [1.807, 2.05) is 6.92 Å². The lowest BCUT2D eigenvalue weighted by molar-refractivity contribution is 0.0363. The number of hydrogen-bond donors (Lipinski definition) is 2. The molecule has 0 spiro atoms. The molecule has 0 aromatic heterocycles. The Morgan fingerprint density at radius 1 is 1.30 bits per heavy atom. The van der Waals surface area contributed by atoms with Crippen molar-refractivity contribution < 1.29 is 9.50 Å². The molecule has 0 aliphatic carbocycles. The minimum Gasteiger partial charge on any atom is -0.389 e. The second-order valence-corrected chi connectivity index (χ2v) is 6.74. The molecule has 1 rings (SSSR count). The van der Waals surface area contributed by atoms with Gasteiger partial charge in [0.05, 0.1) is 10.6 Å². The van der Waals surface area contributed by atoms with Crippen LogP contribution in [0.1, 0.15) is 45.7 Å². The highest BCUT2D eigenvalue weighted by Gasteiger charge is 2.24. The summed E-state index contributed by atoms with van der Waals surface area (Å²) in [6, 6.07) is 2.49. The van der Waals surface area contributed by atoms with Crippen LogP contribution in [0, 0.1) is 11.7 Å². The van der Waals surface area contributed by atoms with Gasteiger partial charge >= 0.3 is 0 Å². The van der Waals surface area contributed by atoms with Crippen molar-refractivity contribution in [1.29, 1.82) is 0 Å². The van der Waals surface area contributed by atoms with Gasteiger partial charge in [-0.25, -0.2) is 4.39 Å². The van der Waals surface area contributed by atoms with Crippen molar-refractivity contribution in [2.24, 2.45) is 5.92 Å². The Kier molecular flexibility index (Phi) is 6.26. The Bertz CT molecular complexity index is 463. The van der Waals surface area contributed by atoms with Gasteiger partial charge in [-0.15, -0.1) is 0 Å². The zero-order valence-electron chi connectivity index (χ0n) is 12.3. The molecule has 1 aromatic rings. The molecule has 0 heterocycles. The van der Waals surface area contributed by atoms with Gasteiger partial charge in [0.25, 0.3) is 0 Å². The van der Waals surface area contributed by atoms with E-state index < -0.39 is 11.4 Å². The van der Waals surface area contributed by atoms with E-state index in [0.717, 1.165) is 0 Å². The molecular weight excluding hydrogens is 300 g/mol. The first-order chi connectivity index (χ1) is 9.14. The van der Waals surface area contributed by atoms with Gasteiger partial charge in [-0.05, 0) is 38.3 Å². The van der Waals surface area contributed by atoms with Crippen molar-refractivity contribution in [2.45, 2.75) is 45.8 Å². The van der Waals surface area contributed by atoms with Crippen LogP contribution in [-0.4, -0.2) is 17.3 Å². The normalized spacial score (nSPS) is 16.2. The van der Waals surface area contributed by atoms with Crippen LogP contribution in [0.15, 0.2) is 12.1 Å². The molecule has 0 amide bonds. The molecule has 2 unspecified atom stereocenters. The van der Waals surface area contributed by atoms with Crippen molar-refractivity contribution in [3.63, 3.8) is 0 Å². The quantitative estimate of drug-likeness (QED) is 0.751. The predicted octanol–water partition coefficient (Wildman–Crippen LogP) is 4.58. The molecule has 0 fully saturated rings. The van der Waals surface area contributed by atoms with Crippen LogP contribution in [-0.2, 0) is 0 Å². The third kappa shape index (κ3) is 4.88. The second kappa shape index (κ2) is 7.08. The Balaban J connectivity index is 2.78. The van der Waals surface area contributed by atoms with E-state index in [9.17, 15) is 9.50 Å². The van der Waals surface area contributed by atoms with Crippen LogP contribution in [0.25, 0.3) is 0 Å². The van der Waals surface area contributed by atoms with E-state index >= 15 is 0 Å². The summed E-state index contributed by atoms with van der Waals surface area (Å²) in [6.07, 6.45) is 0.678. The van der Waals surface area contributed by atoms with Gasteiger partial charge in [0, 0.05) is 23.2 Å². The summed E-state index contributed by atoms with van der Waals surface area (Å²) in [7, 11) is 0. The molecule has 0 saturated heterocycles. The average Bonchev–Trinajstić information content (AvgIpc) is 2.30. The van der Waals surface area contributed by atoms with Gasteiger partial charge in [0.2, 0.25) is 0 Å². The summed E-state index contributed by atoms with van der Waals surface area (Å²) in [5, 5.41) is 13.9. The maximum absolute atomic E-state index is 13.5. The summed E-state index contributed by atoms with van der Waals surface area (Å²) in [5.74, 6) is -0.0999. The highest BCUT2D eigenvalue weighted by atomic mass is 35.5. The van der Waals surface area contributed by atoms with E-state index in [4.69, 9.17) is 23.2 Å². The van der Waals surface area contributed by atoms with Gasteiger partial charge in [-0.3, -0.25) is 0 Å². The lowest BCUT2D eigenvalue weighted by Gasteiger charge is -2.28. The second-order valence-electron chi connectivity index (χ2n) is 5.95. The van der Waals surface area contributed by atoms with E-state index in [1.165, 1.54) is 12.1 Å².